The maximum absolute atomic E-state index is 12.9. The van der Waals surface area contributed by atoms with Crippen molar-refractivity contribution in [3.63, 3.8) is 0 Å². The summed E-state index contributed by atoms with van der Waals surface area (Å²) >= 11 is 6.47. The Morgan fingerprint density at radius 2 is 1.89 bits per heavy atom. The summed E-state index contributed by atoms with van der Waals surface area (Å²) in [5.41, 5.74) is 2.73. The lowest BCUT2D eigenvalue weighted by Gasteiger charge is -2.27. The predicted molar refractivity (Wildman–Crippen MR) is 150 cm³/mol. The van der Waals surface area contributed by atoms with Crippen LogP contribution in [0.5, 0.6) is 11.5 Å². The van der Waals surface area contributed by atoms with Crippen molar-refractivity contribution in [3.05, 3.63) is 86.8 Å². The van der Waals surface area contributed by atoms with Crippen LogP contribution in [-0.2, 0) is 22.4 Å². The summed E-state index contributed by atoms with van der Waals surface area (Å²) in [6.45, 7) is 8.62. The number of nitrogens with one attached hydrogen (secondary N) is 1. The number of rotatable bonds is 11. The van der Waals surface area contributed by atoms with Gasteiger partial charge in [0.05, 0.1) is 17.5 Å². The fraction of sp³-hybridized carbons (Fsp3) is 0.400. The van der Waals surface area contributed by atoms with Crippen LogP contribution in [0.4, 0.5) is 0 Å². The molecule has 0 saturated carbocycles. The Morgan fingerprint density at radius 3 is 2.55 bits per heavy atom. The van der Waals surface area contributed by atoms with Gasteiger partial charge in [0.2, 0.25) is 0 Å². The molecular weight excluding hydrogens is 504 g/mol. The maximum atomic E-state index is 12.9. The smallest absolute Gasteiger partial charge is 0.294 e. The molecule has 0 fully saturated rings. The van der Waals surface area contributed by atoms with E-state index in [9.17, 15) is 14.5 Å². The first-order valence-electron chi connectivity index (χ1n) is 12.9. The molecule has 3 rings (SSSR count). The second-order valence-corrected chi connectivity index (χ2v) is 10.1. The van der Waals surface area contributed by atoms with Gasteiger partial charge in [-0.1, -0.05) is 55.8 Å². The standard InChI is InChI=1S/C30H35ClN2O5/c1-5-7-22(28(34)32-16-13-21-10-8-20(6-2)9-11-21)12-15-30(3,4)38-27-19-26-24(18-25(27)31)23(14-17-37-26)29(35)33-36/h7-12,15,18-19,23H,5-6,13-14,16-17H2,1-4H3,(H,32,34)/b15-12-,22-7+. The van der Waals surface area contributed by atoms with Crippen LogP contribution in [0.25, 0.3) is 0 Å². The first-order chi connectivity index (χ1) is 18.2. The fourth-order valence-electron chi connectivity index (χ4n) is 4.22. The van der Waals surface area contributed by atoms with Gasteiger partial charge in [-0.05, 0) is 68.9 Å². The molecule has 0 radical (unpaired) electrons. The second-order valence-electron chi connectivity index (χ2n) is 9.72. The third-order valence-corrected chi connectivity index (χ3v) is 6.64. The van der Waals surface area contributed by atoms with Gasteiger partial charge in [0.15, 0.2) is 0 Å². The molecule has 7 nitrogen and oxygen atoms in total. The number of ether oxygens (including phenoxy) is 2. The normalized spacial score (nSPS) is 15.5. The Kier molecular flexibility index (Phi) is 10.2. The molecule has 2 amide bonds. The lowest BCUT2D eigenvalue weighted by Crippen LogP contribution is -2.28. The third kappa shape index (κ3) is 7.78. The van der Waals surface area contributed by atoms with Gasteiger partial charge in [0, 0.05) is 28.9 Å². The molecule has 2 aromatic rings. The van der Waals surface area contributed by atoms with Gasteiger partial charge in [0.1, 0.15) is 17.1 Å². The first-order valence-corrected chi connectivity index (χ1v) is 13.3. The maximum Gasteiger partial charge on any atom is 0.294 e. The van der Waals surface area contributed by atoms with Crippen molar-refractivity contribution in [2.24, 2.45) is 5.18 Å². The van der Waals surface area contributed by atoms with E-state index in [1.54, 1.807) is 24.3 Å². The topological polar surface area (TPSA) is 94.1 Å². The van der Waals surface area contributed by atoms with Gasteiger partial charge in [-0.3, -0.25) is 9.59 Å². The molecule has 1 unspecified atom stereocenters. The Labute approximate surface area is 229 Å². The molecule has 0 spiro atoms. The van der Waals surface area contributed by atoms with Crippen molar-refractivity contribution >= 4 is 23.4 Å². The number of allylic oxidation sites excluding steroid dienone is 1. The van der Waals surface area contributed by atoms with Crippen molar-refractivity contribution in [2.45, 2.75) is 64.9 Å². The summed E-state index contributed by atoms with van der Waals surface area (Å²) in [5.74, 6) is -0.764. The molecule has 1 aliphatic heterocycles. The Balaban J connectivity index is 1.66. The molecule has 0 bridgehead atoms. The SMILES string of the molecule is CC/C=C(\C=C/C(C)(C)Oc1cc2c(cc1Cl)C(C(=O)N=O)CCO2)C(=O)NCCc1ccc(CC)cc1. The number of carbonyl (C=O) groups is 2. The molecule has 202 valence electrons. The number of fused-ring (bicyclic) bond motifs is 1. The molecule has 1 heterocycles. The summed E-state index contributed by atoms with van der Waals surface area (Å²) in [6.07, 6.45) is 8.25. The number of amides is 2. The number of carbonyl (C=O) groups excluding carboxylic acids is 2. The van der Waals surface area contributed by atoms with Gasteiger partial charge in [-0.2, -0.15) is 0 Å². The Bertz CT molecular complexity index is 1220. The highest BCUT2D eigenvalue weighted by molar-refractivity contribution is 6.32. The number of nitroso groups, excluding NO2 is 1. The van der Waals surface area contributed by atoms with Gasteiger partial charge < -0.3 is 14.8 Å². The number of nitrogens with zero attached hydrogens (tertiary/aromatic N) is 1. The lowest BCUT2D eigenvalue weighted by molar-refractivity contribution is -0.120. The van der Waals surface area contributed by atoms with Crippen LogP contribution < -0.4 is 14.8 Å². The Morgan fingerprint density at radius 1 is 1.18 bits per heavy atom. The minimum atomic E-state index is -0.819. The molecule has 0 aliphatic carbocycles. The van der Waals surface area contributed by atoms with E-state index in [2.05, 4.69) is 41.7 Å². The molecule has 2 aromatic carbocycles. The van der Waals surface area contributed by atoms with Crippen LogP contribution in [0.3, 0.4) is 0 Å². The molecular formula is C30H35ClN2O5. The van der Waals surface area contributed by atoms with E-state index in [0.29, 0.717) is 42.0 Å². The van der Waals surface area contributed by atoms with Crippen LogP contribution in [0.15, 0.2) is 65.4 Å². The highest BCUT2D eigenvalue weighted by Crippen LogP contribution is 2.42. The summed E-state index contributed by atoms with van der Waals surface area (Å²) in [6, 6.07) is 11.6. The van der Waals surface area contributed by atoms with E-state index in [0.717, 1.165) is 12.8 Å². The average Bonchev–Trinajstić information content (AvgIpc) is 2.90. The van der Waals surface area contributed by atoms with Crippen LogP contribution in [0, 0.1) is 4.91 Å². The summed E-state index contributed by atoms with van der Waals surface area (Å²) < 4.78 is 11.8. The predicted octanol–water partition coefficient (Wildman–Crippen LogP) is 6.47. The fourth-order valence-corrected chi connectivity index (χ4v) is 4.43. The van der Waals surface area contributed by atoms with E-state index in [1.165, 1.54) is 11.1 Å². The average molecular weight is 539 g/mol. The zero-order valence-corrected chi connectivity index (χ0v) is 23.1. The van der Waals surface area contributed by atoms with Gasteiger partial charge in [0.25, 0.3) is 11.8 Å². The monoisotopic (exact) mass is 538 g/mol. The molecule has 0 aromatic heterocycles. The minimum absolute atomic E-state index is 0.149. The van der Waals surface area contributed by atoms with Crippen LogP contribution in [0.1, 0.15) is 63.1 Å². The van der Waals surface area contributed by atoms with Crippen LogP contribution in [-0.4, -0.2) is 30.6 Å². The molecule has 8 heteroatoms. The highest BCUT2D eigenvalue weighted by Gasteiger charge is 2.30. The number of hydrogen-bond donors (Lipinski definition) is 1. The molecule has 0 saturated heterocycles. The van der Waals surface area contributed by atoms with Crippen molar-refractivity contribution in [3.8, 4) is 11.5 Å². The summed E-state index contributed by atoms with van der Waals surface area (Å²) in [5, 5.41) is 5.85. The number of aryl methyl sites for hydroxylation is 1. The van der Waals surface area contributed by atoms with E-state index in [4.69, 9.17) is 21.1 Å². The zero-order valence-electron chi connectivity index (χ0n) is 22.4. The highest BCUT2D eigenvalue weighted by atomic mass is 35.5. The van der Waals surface area contributed by atoms with E-state index >= 15 is 0 Å². The number of halogens is 1. The number of benzene rings is 2. The van der Waals surface area contributed by atoms with Crippen molar-refractivity contribution in [1.82, 2.24) is 5.32 Å². The van der Waals surface area contributed by atoms with Gasteiger partial charge in [-0.15, -0.1) is 4.91 Å². The molecule has 38 heavy (non-hydrogen) atoms. The molecule has 1 aliphatic rings. The van der Waals surface area contributed by atoms with E-state index in [-0.39, 0.29) is 17.5 Å². The second kappa shape index (κ2) is 13.4. The molecule has 1 N–H and O–H groups in total. The quantitative estimate of drug-likeness (QED) is 0.201. The lowest BCUT2D eigenvalue weighted by atomic mass is 9.92. The van der Waals surface area contributed by atoms with Crippen LogP contribution >= 0.6 is 11.6 Å². The van der Waals surface area contributed by atoms with Crippen molar-refractivity contribution < 1.29 is 19.1 Å². The Hall–Kier alpha value is -3.45. The van der Waals surface area contributed by atoms with Gasteiger partial charge in [-0.25, -0.2) is 0 Å². The van der Waals surface area contributed by atoms with Crippen molar-refractivity contribution in [2.75, 3.05) is 13.2 Å². The minimum Gasteiger partial charge on any atom is -0.493 e. The third-order valence-electron chi connectivity index (χ3n) is 6.35. The van der Waals surface area contributed by atoms with Gasteiger partial charge >= 0.3 is 0 Å². The van der Waals surface area contributed by atoms with Crippen LogP contribution in [0.2, 0.25) is 5.02 Å². The largest absolute Gasteiger partial charge is 0.493 e. The first kappa shape index (κ1) is 29.1. The molecule has 1 atom stereocenters. The van der Waals surface area contributed by atoms with E-state index < -0.39 is 17.4 Å². The number of hydrogen-bond acceptors (Lipinski definition) is 5. The summed E-state index contributed by atoms with van der Waals surface area (Å²) in [7, 11) is 0. The van der Waals surface area contributed by atoms with E-state index in [1.807, 2.05) is 26.8 Å². The zero-order chi connectivity index (χ0) is 27.7. The van der Waals surface area contributed by atoms with Crippen molar-refractivity contribution in [1.29, 1.82) is 0 Å². The summed E-state index contributed by atoms with van der Waals surface area (Å²) in [4.78, 5) is 35.6.